The molecule has 1 aliphatic rings. The molecule has 1 aromatic carbocycles. The SMILES string of the molecule is CC1CCCN(C(=O)C(=O)c2c[nH]c3ccc(Cl)cc23)C1. The van der Waals surface area contributed by atoms with Crippen molar-refractivity contribution in [3.8, 4) is 0 Å². The summed E-state index contributed by atoms with van der Waals surface area (Å²) < 4.78 is 0. The van der Waals surface area contributed by atoms with Gasteiger partial charge in [0.2, 0.25) is 0 Å². The van der Waals surface area contributed by atoms with Gasteiger partial charge in [0.15, 0.2) is 0 Å². The van der Waals surface area contributed by atoms with Gasteiger partial charge in [-0.25, -0.2) is 0 Å². The number of aromatic nitrogens is 1. The second-order valence-electron chi connectivity index (χ2n) is 5.72. The average Bonchev–Trinajstić information content (AvgIpc) is 2.88. The first kappa shape index (κ1) is 14.1. The first-order valence-electron chi connectivity index (χ1n) is 7.16. The molecule has 0 spiro atoms. The molecule has 4 nitrogen and oxygen atoms in total. The van der Waals surface area contributed by atoms with Gasteiger partial charge in [-0.3, -0.25) is 9.59 Å². The molecule has 0 radical (unpaired) electrons. The van der Waals surface area contributed by atoms with E-state index >= 15 is 0 Å². The number of Topliss-reactive ketones (excluding diaryl/α,β-unsaturated/α-hetero) is 1. The molecule has 0 bridgehead atoms. The van der Waals surface area contributed by atoms with Crippen LogP contribution in [0.1, 0.15) is 30.1 Å². The van der Waals surface area contributed by atoms with Crippen molar-refractivity contribution < 1.29 is 9.59 Å². The molecule has 1 saturated heterocycles. The van der Waals surface area contributed by atoms with E-state index in [0.717, 1.165) is 18.4 Å². The number of fused-ring (bicyclic) bond motifs is 1. The van der Waals surface area contributed by atoms with E-state index in [4.69, 9.17) is 11.6 Å². The standard InChI is InChI=1S/C16H17ClN2O2/c1-10-3-2-6-19(9-10)16(21)15(20)13-8-18-14-5-4-11(17)7-12(13)14/h4-5,7-8,10,18H,2-3,6,9H2,1H3. The summed E-state index contributed by atoms with van der Waals surface area (Å²) >= 11 is 5.98. The number of ketones is 1. The predicted molar refractivity (Wildman–Crippen MR) is 82.6 cm³/mol. The third-order valence-electron chi connectivity index (χ3n) is 4.03. The maximum Gasteiger partial charge on any atom is 0.295 e. The van der Waals surface area contributed by atoms with Gasteiger partial charge in [-0.1, -0.05) is 18.5 Å². The highest BCUT2D eigenvalue weighted by molar-refractivity contribution is 6.45. The van der Waals surface area contributed by atoms with Crippen molar-refractivity contribution in [3.63, 3.8) is 0 Å². The lowest BCUT2D eigenvalue weighted by atomic mass is 9.99. The van der Waals surface area contributed by atoms with Crippen LogP contribution in [-0.4, -0.2) is 34.7 Å². The first-order valence-corrected chi connectivity index (χ1v) is 7.54. The maximum absolute atomic E-state index is 12.5. The van der Waals surface area contributed by atoms with Crippen molar-refractivity contribution >= 4 is 34.2 Å². The zero-order valence-electron chi connectivity index (χ0n) is 11.9. The molecule has 21 heavy (non-hydrogen) atoms. The highest BCUT2D eigenvalue weighted by Crippen LogP contribution is 2.24. The largest absolute Gasteiger partial charge is 0.360 e. The molecule has 1 aliphatic heterocycles. The normalized spacial score (nSPS) is 19.0. The number of carbonyl (C=O) groups is 2. The van der Waals surface area contributed by atoms with Crippen LogP contribution >= 0.6 is 11.6 Å². The molecular weight excluding hydrogens is 288 g/mol. The van der Waals surface area contributed by atoms with E-state index in [-0.39, 0.29) is 0 Å². The zero-order chi connectivity index (χ0) is 15.0. The highest BCUT2D eigenvalue weighted by Gasteiger charge is 2.28. The van der Waals surface area contributed by atoms with Crippen LogP contribution in [0.4, 0.5) is 0 Å². The van der Waals surface area contributed by atoms with E-state index in [2.05, 4.69) is 11.9 Å². The van der Waals surface area contributed by atoms with Crippen molar-refractivity contribution in [2.75, 3.05) is 13.1 Å². The molecule has 1 amide bonds. The van der Waals surface area contributed by atoms with Crippen LogP contribution in [0, 0.1) is 5.92 Å². The molecule has 0 saturated carbocycles. The molecule has 1 atom stereocenters. The summed E-state index contributed by atoms with van der Waals surface area (Å²) in [4.78, 5) is 29.6. The molecule has 1 fully saturated rings. The Balaban J connectivity index is 1.89. The molecule has 1 unspecified atom stereocenters. The first-order chi connectivity index (χ1) is 10.1. The van der Waals surface area contributed by atoms with Gasteiger partial charge in [-0.15, -0.1) is 0 Å². The maximum atomic E-state index is 12.5. The number of halogens is 1. The van der Waals surface area contributed by atoms with Crippen LogP contribution in [-0.2, 0) is 4.79 Å². The lowest BCUT2D eigenvalue weighted by Crippen LogP contribution is -2.42. The molecule has 2 heterocycles. The summed E-state index contributed by atoms with van der Waals surface area (Å²) in [6.45, 7) is 3.43. The van der Waals surface area contributed by atoms with E-state index in [9.17, 15) is 9.59 Å². The number of piperidine rings is 1. The second kappa shape index (κ2) is 5.53. The van der Waals surface area contributed by atoms with Crippen LogP contribution in [0.25, 0.3) is 10.9 Å². The fourth-order valence-electron chi connectivity index (χ4n) is 2.91. The Morgan fingerprint density at radius 2 is 2.19 bits per heavy atom. The fourth-order valence-corrected chi connectivity index (χ4v) is 3.09. The number of benzene rings is 1. The second-order valence-corrected chi connectivity index (χ2v) is 6.16. The van der Waals surface area contributed by atoms with Crippen molar-refractivity contribution in [2.45, 2.75) is 19.8 Å². The Morgan fingerprint density at radius 1 is 1.38 bits per heavy atom. The number of amides is 1. The van der Waals surface area contributed by atoms with Crippen molar-refractivity contribution in [1.82, 2.24) is 9.88 Å². The third kappa shape index (κ3) is 2.68. The van der Waals surface area contributed by atoms with Crippen molar-refractivity contribution in [1.29, 1.82) is 0 Å². The van der Waals surface area contributed by atoms with E-state index in [1.807, 2.05) is 6.07 Å². The van der Waals surface area contributed by atoms with E-state index in [0.29, 0.717) is 35.0 Å². The summed E-state index contributed by atoms with van der Waals surface area (Å²) in [6.07, 6.45) is 3.66. The van der Waals surface area contributed by atoms with Gasteiger partial charge in [0, 0.05) is 35.2 Å². The van der Waals surface area contributed by atoms with Gasteiger partial charge in [-0.05, 0) is 37.0 Å². The summed E-state index contributed by atoms with van der Waals surface area (Å²) in [6, 6.07) is 5.28. The quantitative estimate of drug-likeness (QED) is 0.684. The predicted octanol–water partition coefficient (Wildman–Crippen LogP) is 3.26. The van der Waals surface area contributed by atoms with Crippen LogP contribution in [0.5, 0.6) is 0 Å². The summed E-state index contributed by atoms with van der Waals surface area (Å²) in [5.74, 6) is -0.423. The fraction of sp³-hybridized carbons (Fsp3) is 0.375. The van der Waals surface area contributed by atoms with E-state index in [1.54, 1.807) is 23.2 Å². The Kier molecular flexibility index (Phi) is 3.72. The Hall–Kier alpha value is -1.81. The molecule has 5 heteroatoms. The lowest BCUT2D eigenvalue weighted by Gasteiger charge is -2.30. The van der Waals surface area contributed by atoms with Gasteiger partial charge >= 0.3 is 0 Å². The number of nitrogens with zero attached hydrogens (tertiary/aromatic N) is 1. The van der Waals surface area contributed by atoms with Gasteiger partial charge in [0.25, 0.3) is 11.7 Å². The van der Waals surface area contributed by atoms with Gasteiger partial charge in [0.05, 0.1) is 5.56 Å². The molecule has 1 N–H and O–H groups in total. The molecule has 0 aliphatic carbocycles. The molecule has 110 valence electrons. The number of hydrogen-bond donors (Lipinski definition) is 1. The van der Waals surface area contributed by atoms with Gasteiger partial charge in [0.1, 0.15) is 0 Å². The number of rotatable bonds is 2. The number of likely N-dealkylation sites (tertiary alicyclic amines) is 1. The van der Waals surface area contributed by atoms with Crippen LogP contribution in [0.15, 0.2) is 24.4 Å². The van der Waals surface area contributed by atoms with E-state index in [1.165, 1.54) is 0 Å². The third-order valence-corrected chi connectivity index (χ3v) is 4.26. The summed E-state index contributed by atoms with van der Waals surface area (Å²) in [5, 5.41) is 1.25. The minimum Gasteiger partial charge on any atom is -0.360 e. The zero-order valence-corrected chi connectivity index (χ0v) is 12.6. The minimum atomic E-state index is -0.461. The van der Waals surface area contributed by atoms with Gasteiger partial charge in [-0.2, -0.15) is 0 Å². The Morgan fingerprint density at radius 3 is 2.95 bits per heavy atom. The monoisotopic (exact) mass is 304 g/mol. The number of nitrogens with one attached hydrogen (secondary N) is 1. The molecule has 1 aromatic heterocycles. The number of aromatic amines is 1. The van der Waals surface area contributed by atoms with Crippen LogP contribution in [0.3, 0.4) is 0 Å². The molecular formula is C16H17ClN2O2. The van der Waals surface area contributed by atoms with Crippen LogP contribution < -0.4 is 0 Å². The lowest BCUT2D eigenvalue weighted by molar-refractivity contribution is -0.128. The van der Waals surface area contributed by atoms with E-state index < -0.39 is 11.7 Å². The van der Waals surface area contributed by atoms with Crippen molar-refractivity contribution in [3.05, 3.63) is 35.0 Å². The minimum absolute atomic E-state index is 0.399. The highest BCUT2D eigenvalue weighted by atomic mass is 35.5. The molecule has 2 aromatic rings. The average molecular weight is 305 g/mol. The number of H-pyrrole nitrogens is 1. The smallest absolute Gasteiger partial charge is 0.295 e. The number of carbonyl (C=O) groups excluding carboxylic acids is 2. The number of hydrogen-bond acceptors (Lipinski definition) is 2. The molecule has 3 rings (SSSR count). The van der Waals surface area contributed by atoms with Gasteiger partial charge < -0.3 is 9.88 Å². The summed E-state index contributed by atoms with van der Waals surface area (Å²) in [7, 11) is 0. The Labute approximate surface area is 128 Å². The van der Waals surface area contributed by atoms with Crippen LogP contribution in [0.2, 0.25) is 5.02 Å². The topological polar surface area (TPSA) is 53.2 Å². The summed E-state index contributed by atoms with van der Waals surface area (Å²) in [5.41, 5.74) is 1.21. The van der Waals surface area contributed by atoms with Crippen molar-refractivity contribution in [2.24, 2.45) is 5.92 Å². The Bertz CT molecular complexity index is 707.